The summed E-state index contributed by atoms with van der Waals surface area (Å²) in [6.07, 6.45) is 3.85. The van der Waals surface area contributed by atoms with Gasteiger partial charge < -0.3 is 14.2 Å². The summed E-state index contributed by atoms with van der Waals surface area (Å²) < 4.78 is 18.3. The summed E-state index contributed by atoms with van der Waals surface area (Å²) in [4.78, 5) is 3.96. The Bertz CT molecular complexity index is 245. The molecule has 0 aliphatic rings. The molecule has 5 heteroatoms. The summed E-state index contributed by atoms with van der Waals surface area (Å²) >= 11 is 0. The molecular weight excluding hydrogens is 196 g/mol. The molecule has 0 bridgehead atoms. The fourth-order valence-corrected chi connectivity index (χ4v) is 1.32. The standard InChI is InChI=1S/C10H18N2O3/c1-4-13-10(14-5-2,15-6-3)12-8-7-11-9-12/h7-9H,4-6H2,1-3H3. The molecule has 15 heavy (non-hydrogen) atoms. The van der Waals surface area contributed by atoms with Gasteiger partial charge in [0.25, 0.3) is 0 Å². The lowest BCUT2D eigenvalue weighted by atomic mass is 10.7. The lowest BCUT2D eigenvalue weighted by Gasteiger charge is -2.32. The van der Waals surface area contributed by atoms with E-state index in [1.165, 1.54) is 0 Å². The minimum atomic E-state index is -1.17. The van der Waals surface area contributed by atoms with Crippen LogP contribution in [0.1, 0.15) is 20.8 Å². The third kappa shape index (κ3) is 2.77. The van der Waals surface area contributed by atoms with Gasteiger partial charge in [-0.05, 0) is 20.8 Å². The number of ether oxygens (including phenoxy) is 3. The Balaban J connectivity index is 2.90. The first-order chi connectivity index (χ1) is 7.29. The summed E-state index contributed by atoms with van der Waals surface area (Å²) in [5.74, 6) is 0. The average molecular weight is 214 g/mol. The van der Waals surface area contributed by atoms with Gasteiger partial charge in [-0.2, -0.15) is 0 Å². The maximum absolute atomic E-state index is 5.53. The zero-order valence-corrected chi connectivity index (χ0v) is 9.47. The third-order valence-corrected chi connectivity index (χ3v) is 1.80. The summed E-state index contributed by atoms with van der Waals surface area (Å²) in [7, 11) is 0. The van der Waals surface area contributed by atoms with Gasteiger partial charge in [-0.25, -0.2) is 4.98 Å². The highest BCUT2D eigenvalue weighted by Gasteiger charge is 2.34. The quantitative estimate of drug-likeness (QED) is 0.646. The summed E-state index contributed by atoms with van der Waals surface area (Å²) in [5, 5.41) is 0. The molecule has 1 aromatic rings. The van der Waals surface area contributed by atoms with Crippen LogP contribution in [-0.4, -0.2) is 29.4 Å². The van der Waals surface area contributed by atoms with Crippen LogP contribution in [-0.2, 0) is 20.3 Å². The van der Waals surface area contributed by atoms with Crippen molar-refractivity contribution in [3.8, 4) is 0 Å². The van der Waals surface area contributed by atoms with Crippen LogP contribution in [0.5, 0.6) is 0 Å². The summed E-state index contributed by atoms with van der Waals surface area (Å²) in [6, 6.07) is 0. The Kier molecular flexibility index (Phi) is 4.74. The van der Waals surface area contributed by atoms with E-state index in [1.54, 1.807) is 23.3 Å². The number of nitrogens with zero attached hydrogens (tertiary/aromatic N) is 2. The van der Waals surface area contributed by atoms with Crippen LogP contribution in [0.15, 0.2) is 18.7 Å². The molecule has 86 valence electrons. The molecule has 0 spiro atoms. The van der Waals surface area contributed by atoms with E-state index < -0.39 is 6.10 Å². The summed E-state index contributed by atoms with van der Waals surface area (Å²) in [6.45, 7) is 7.17. The topological polar surface area (TPSA) is 45.5 Å². The fraction of sp³-hybridized carbons (Fsp3) is 0.700. The molecule has 1 rings (SSSR count). The van der Waals surface area contributed by atoms with Crippen LogP contribution in [0.2, 0.25) is 0 Å². The van der Waals surface area contributed by atoms with Crippen molar-refractivity contribution in [1.29, 1.82) is 0 Å². The molecule has 0 radical (unpaired) electrons. The van der Waals surface area contributed by atoms with Crippen LogP contribution in [0.3, 0.4) is 0 Å². The predicted molar refractivity (Wildman–Crippen MR) is 55.1 cm³/mol. The van der Waals surface area contributed by atoms with Crippen molar-refractivity contribution in [1.82, 2.24) is 9.55 Å². The van der Waals surface area contributed by atoms with E-state index in [-0.39, 0.29) is 0 Å². The minimum Gasteiger partial charge on any atom is -0.309 e. The van der Waals surface area contributed by atoms with Crippen molar-refractivity contribution in [2.75, 3.05) is 19.8 Å². The fourth-order valence-electron chi connectivity index (χ4n) is 1.32. The number of hydrogen-bond donors (Lipinski definition) is 0. The van der Waals surface area contributed by atoms with Gasteiger partial charge in [0.1, 0.15) is 6.33 Å². The Morgan fingerprint density at radius 2 is 1.60 bits per heavy atom. The van der Waals surface area contributed by atoms with Crippen molar-refractivity contribution in [2.45, 2.75) is 26.9 Å². The molecule has 0 amide bonds. The van der Waals surface area contributed by atoms with E-state index in [0.29, 0.717) is 19.8 Å². The SMILES string of the molecule is CCOC(OCC)(OCC)n1ccnc1. The van der Waals surface area contributed by atoms with Gasteiger partial charge in [-0.15, -0.1) is 0 Å². The molecule has 0 N–H and O–H groups in total. The number of rotatable bonds is 7. The van der Waals surface area contributed by atoms with E-state index in [4.69, 9.17) is 14.2 Å². The van der Waals surface area contributed by atoms with E-state index >= 15 is 0 Å². The first kappa shape index (κ1) is 12.2. The molecule has 1 heterocycles. The second kappa shape index (κ2) is 5.85. The van der Waals surface area contributed by atoms with Gasteiger partial charge in [0.05, 0.1) is 19.8 Å². The second-order valence-corrected chi connectivity index (χ2v) is 2.79. The molecule has 0 aromatic carbocycles. The first-order valence-electron chi connectivity index (χ1n) is 5.19. The molecule has 0 saturated heterocycles. The van der Waals surface area contributed by atoms with Gasteiger partial charge in [-0.3, -0.25) is 4.57 Å². The van der Waals surface area contributed by atoms with Crippen LogP contribution in [0.25, 0.3) is 0 Å². The zero-order chi connectivity index (χ0) is 11.1. The van der Waals surface area contributed by atoms with Crippen molar-refractivity contribution in [2.24, 2.45) is 0 Å². The van der Waals surface area contributed by atoms with Crippen molar-refractivity contribution >= 4 is 0 Å². The molecule has 0 fully saturated rings. The minimum absolute atomic E-state index is 0.498. The highest BCUT2D eigenvalue weighted by Crippen LogP contribution is 2.21. The van der Waals surface area contributed by atoms with Crippen molar-refractivity contribution in [3.63, 3.8) is 0 Å². The van der Waals surface area contributed by atoms with Crippen LogP contribution < -0.4 is 0 Å². The molecular formula is C10H18N2O3. The van der Waals surface area contributed by atoms with E-state index in [9.17, 15) is 0 Å². The number of hydrogen-bond acceptors (Lipinski definition) is 4. The van der Waals surface area contributed by atoms with E-state index in [1.807, 2.05) is 20.8 Å². The number of imidazole rings is 1. The van der Waals surface area contributed by atoms with Crippen LogP contribution >= 0.6 is 0 Å². The van der Waals surface area contributed by atoms with Gasteiger partial charge in [0, 0.05) is 12.4 Å². The van der Waals surface area contributed by atoms with E-state index in [2.05, 4.69) is 4.98 Å². The van der Waals surface area contributed by atoms with Crippen molar-refractivity contribution < 1.29 is 14.2 Å². The van der Waals surface area contributed by atoms with Crippen LogP contribution in [0, 0.1) is 0 Å². The molecule has 0 saturated carbocycles. The van der Waals surface area contributed by atoms with Crippen molar-refractivity contribution in [3.05, 3.63) is 18.7 Å². The molecule has 0 unspecified atom stereocenters. The smallest absolute Gasteiger partial charge is 0.309 e. The Hall–Kier alpha value is -0.910. The predicted octanol–water partition coefficient (Wildman–Crippen LogP) is 1.56. The first-order valence-corrected chi connectivity index (χ1v) is 5.19. The maximum Gasteiger partial charge on any atom is 0.382 e. The lowest BCUT2D eigenvalue weighted by molar-refractivity contribution is -0.433. The van der Waals surface area contributed by atoms with Gasteiger partial charge >= 0.3 is 6.10 Å². The van der Waals surface area contributed by atoms with Gasteiger partial charge in [0.2, 0.25) is 0 Å². The molecule has 0 aliphatic carbocycles. The maximum atomic E-state index is 5.53. The molecule has 0 atom stereocenters. The number of aromatic nitrogens is 2. The Labute approximate surface area is 90.0 Å². The average Bonchev–Trinajstić information content (AvgIpc) is 2.72. The highest BCUT2D eigenvalue weighted by molar-refractivity contribution is 4.77. The molecule has 0 aliphatic heterocycles. The Morgan fingerprint density at radius 3 is 1.93 bits per heavy atom. The van der Waals surface area contributed by atoms with Gasteiger partial charge in [0.15, 0.2) is 0 Å². The lowest BCUT2D eigenvalue weighted by Crippen LogP contribution is -2.42. The largest absolute Gasteiger partial charge is 0.382 e. The summed E-state index contributed by atoms with van der Waals surface area (Å²) in [5.41, 5.74) is 0. The van der Waals surface area contributed by atoms with Crippen LogP contribution in [0.4, 0.5) is 0 Å². The third-order valence-electron chi connectivity index (χ3n) is 1.80. The molecule has 5 nitrogen and oxygen atoms in total. The normalized spacial score (nSPS) is 11.9. The van der Waals surface area contributed by atoms with Gasteiger partial charge in [-0.1, -0.05) is 0 Å². The monoisotopic (exact) mass is 214 g/mol. The Morgan fingerprint density at radius 1 is 1.07 bits per heavy atom. The zero-order valence-electron chi connectivity index (χ0n) is 9.47. The second-order valence-electron chi connectivity index (χ2n) is 2.79. The molecule has 1 aromatic heterocycles. The van der Waals surface area contributed by atoms with E-state index in [0.717, 1.165) is 0 Å². The highest BCUT2D eigenvalue weighted by atomic mass is 16.9.